The van der Waals surface area contributed by atoms with Crippen molar-refractivity contribution < 1.29 is 4.42 Å². The predicted octanol–water partition coefficient (Wildman–Crippen LogP) is 11.5. The first-order valence-corrected chi connectivity index (χ1v) is 14.3. The van der Waals surface area contributed by atoms with E-state index in [4.69, 9.17) is 4.42 Å². The highest BCUT2D eigenvalue weighted by Gasteiger charge is 2.14. The summed E-state index contributed by atoms with van der Waals surface area (Å²) in [6.45, 7) is 0. The van der Waals surface area contributed by atoms with Crippen LogP contribution < -0.4 is 4.90 Å². The Labute approximate surface area is 244 Å². The van der Waals surface area contributed by atoms with Gasteiger partial charge < -0.3 is 9.32 Å². The van der Waals surface area contributed by atoms with Gasteiger partial charge >= 0.3 is 0 Å². The van der Waals surface area contributed by atoms with Gasteiger partial charge in [-0.1, -0.05) is 109 Å². The van der Waals surface area contributed by atoms with Crippen LogP contribution in [0.25, 0.3) is 55.0 Å². The molecule has 2 nitrogen and oxygen atoms in total. The SMILES string of the molecule is c1ccc(-c2ccc(N(c3ccccc3)c3ccc(-c4ccc5ccc6oc7ccccc7c6c5c4)cc3)cc2)cc1. The summed E-state index contributed by atoms with van der Waals surface area (Å²) in [6, 6.07) is 58.0. The summed E-state index contributed by atoms with van der Waals surface area (Å²) in [4.78, 5) is 2.31. The minimum absolute atomic E-state index is 0.924. The number of hydrogen-bond acceptors (Lipinski definition) is 2. The third-order valence-corrected chi connectivity index (χ3v) is 8.07. The topological polar surface area (TPSA) is 16.4 Å². The molecule has 42 heavy (non-hydrogen) atoms. The number of fused-ring (bicyclic) bond motifs is 5. The van der Waals surface area contributed by atoms with Gasteiger partial charge in [-0.05, 0) is 87.6 Å². The van der Waals surface area contributed by atoms with Crippen molar-refractivity contribution in [1.29, 1.82) is 0 Å². The number of rotatable bonds is 5. The average molecular weight is 538 g/mol. The van der Waals surface area contributed by atoms with Gasteiger partial charge in [-0.3, -0.25) is 0 Å². The molecular weight excluding hydrogens is 510 g/mol. The van der Waals surface area contributed by atoms with Crippen LogP contribution in [0.1, 0.15) is 0 Å². The Bertz CT molecular complexity index is 2160. The molecule has 0 N–H and O–H groups in total. The normalized spacial score (nSPS) is 11.3. The maximum Gasteiger partial charge on any atom is 0.136 e. The van der Waals surface area contributed by atoms with E-state index in [1.165, 1.54) is 38.4 Å². The molecule has 0 spiro atoms. The van der Waals surface area contributed by atoms with Crippen molar-refractivity contribution in [3.05, 3.63) is 164 Å². The molecule has 0 aliphatic carbocycles. The number of furan rings is 1. The Kier molecular flexibility index (Phi) is 5.82. The summed E-state index contributed by atoms with van der Waals surface area (Å²) in [7, 11) is 0. The second-order valence-corrected chi connectivity index (χ2v) is 10.6. The highest BCUT2D eigenvalue weighted by molar-refractivity contribution is 6.19. The zero-order valence-corrected chi connectivity index (χ0v) is 22.9. The largest absolute Gasteiger partial charge is 0.456 e. The maximum absolute atomic E-state index is 6.16. The predicted molar refractivity (Wildman–Crippen MR) is 177 cm³/mol. The third-order valence-electron chi connectivity index (χ3n) is 8.07. The molecule has 0 saturated carbocycles. The van der Waals surface area contributed by atoms with Crippen molar-refractivity contribution in [2.45, 2.75) is 0 Å². The fraction of sp³-hybridized carbons (Fsp3) is 0. The van der Waals surface area contributed by atoms with Crippen molar-refractivity contribution in [1.82, 2.24) is 0 Å². The lowest BCUT2D eigenvalue weighted by Crippen LogP contribution is -2.09. The van der Waals surface area contributed by atoms with Crippen LogP contribution in [0.3, 0.4) is 0 Å². The summed E-state index contributed by atoms with van der Waals surface area (Å²) in [5.41, 5.74) is 9.99. The Morgan fingerprint density at radius 2 is 0.881 bits per heavy atom. The molecule has 0 bridgehead atoms. The van der Waals surface area contributed by atoms with E-state index >= 15 is 0 Å². The van der Waals surface area contributed by atoms with Gasteiger partial charge in [0.2, 0.25) is 0 Å². The average Bonchev–Trinajstić information content (AvgIpc) is 3.46. The van der Waals surface area contributed by atoms with Gasteiger partial charge in [0.25, 0.3) is 0 Å². The van der Waals surface area contributed by atoms with Crippen molar-refractivity contribution in [2.24, 2.45) is 0 Å². The molecule has 0 aliphatic heterocycles. The van der Waals surface area contributed by atoms with Gasteiger partial charge in [0, 0.05) is 27.8 Å². The monoisotopic (exact) mass is 537 g/mol. The Morgan fingerprint density at radius 3 is 1.60 bits per heavy atom. The van der Waals surface area contributed by atoms with E-state index in [0.717, 1.165) is 33.6 Å². The van der Waals surface area contributed by atoms with Crippen LogP contribution >= 0.6 is 0 Å². The first-order valence-electron chi connectivity index (χ1n) is 14.3. The van der Waals surface area contributed by atoms with E-state index in [1.54, 1.807) is 0 Å². The number of anilines is 3. The van der Waals surface area contributed by atoms with Gasteiger partial charge in [-0.2, -0.15) is 0 Å². The Hall–Kier alpha value is -5.60. The van der Waals surface area contributed by atoms with E-state index in [2.05, 4.69) is 157 Å². The summed E-state index contributed by atoms with van der Waals surface area (Å²) in [5, 5.41) is 4.75. The number of benzene rings is 7. The molecule has 0 fully saturated rings. The van der Waals surface area contributed by atoms with Crippen molar-refractivity contribution >= 4 is 49.8 Å². The van der Waals surface area contributed by atoms with Crippen LogP contribution in [-0.4, -0.2) is 0 Å². The smallest absolute Gasteiger partial charge is 0.136 e. The van der Waals surface area contributed by atoms with Crippen LogP contribution in [-0.2, 0) is 0 Å². The number of nitrogens with zero attached hydrogens (tertiary/aromatic N) is 1. The molecule has 8 aromatic rings. The minimum atomic E-state index is 0.924. The highest BCUT2D eigenvalue weighted by Crippen LogP contribution is 2.39. The second-order valence-electron chi connectivity index (χ2n) is 10.6. The van der Waals surface area contributed by atoms with E-state index in [-0.39, 0.29) is 0 Å². The Balaban J connectivity index is 1.19. The van der Waals surface area contributed by atoms with Gasteiger partial charge in [0.1, 0.15) is 11.2 Å². The fourth-order valence-corrected chi connectivity index (χ4v) is 5.98. The van der Waals surface area contributed by atoms with E-state index in [1.807, 2.05) is 12.1 Å². The molecule has 0 unspecified atom stereocenters. The lowest BCUT2D eigenvalue weighted by molar-refractivity contribution is 0.669. The van der Waals surface area contributed by atoms with Crippen LogP contribution in [0.5, 0.6) is 0 Å². The zero-order valence-electron chi connectivity index (χ0n) is 22.9. The van der Waals surface area contributed by atoms with E-state index in [0.29, 0.717) is 0 Å². The van der Waals surface area contributed by atoms with Gasteiger partial charge in [0.15, 0.2) is 0 Å². The van der Waals surface area contributed by atoms with Gasteiger partial charge in [-0.15, -0.1) is 0 Å². The molecule has 0 atom stereocenters. The summed E-state index contributed by atoms with van der Waals surface area (Å²) < 4.78 is 6.16. The van der Waals surface area contributed by atoms with Crippen molar-refractivity contribution in [3.8, 4) is 22.3 Å². The van der Waals surface area contributed by atoms with E-state index < -0.39 is 0 Å². The molecule has 1 aromatic heterocycles. The molecule has 0 amide bonds. The van der Waals surface area contributed by atoms with Crippen LogP contribution in [0.15, 0.2) is 168 Å². The summed E-state index contributed by atoms with van der Waals surface area (Å²) in [6.07, 6.45) is 0. The second kappa shape index (κ2) is 10.1. The van der Waals surface area contributed by atoms with Crippen molar-refractivity contribution in [3.63, 3.8) is 0 Å². The summed E-state index contributed by atoms with van der Waals surface area (Å²) in [5.74, 6) is 0. The molecule has 1 heterocycles. The quantitative estimate of drug-likeness (QED) is 0.217. The fourth-order valence-electron chi connectivity index (χ4n) is 5.98. The van der Waals surface area contributed by atoms with Gasteiger partial charge in [-0.25, -0.2) is 0 Å². The Morgan fingerprint density at radius 1 is 0.357 bits per heavy atom. The molecule has 2 heteroatoms. The van der Waals surface area contributed by atoms with Crippen LogP contribution in [0.2, 0.25) is 0 Å². The summed E-state index contributed by atoms with van der Waals surface area (Å²) >= 11 is 0. The third kappa shape index (κ3) is 4.22. The molecule has 8 rings (SSSR count). The van der Waals surface area contributed by atoms with Gasteiger partial charge in [0.05, 0.1) is 0 Å². The number of para-hydroxylation sites is 2. The van der Waals surface area contributed by atoms with E-state index in [9.17, 15) is 0 Å². The highest BCUT2D eigenvalue weighted by atomic mass is 16.3. The molecule has 0 aliphatic rings. The molecule has 0 saturated heterocycles. The molecule has 0 radical (unpaired) electrons. The van der Waals surface area contributed by atoms with Crippen molar-refractivity contribution in [2.75, 3.05) is 4.90 Å². The number of hydrogen-bond donors (Lipinski definition) is 0. The lowest BCUT2D eigenvalue weighted by atomic mass is 9.98. The zero-order chi connectivity index (χ0) is 27.9. The maximum atomic E-state index is 6.16. The van der Waals surface area contributed by atoms with Crippen LogP contribution in [0, 0.1) is 0 Å². The first kappa shape index (κ1) is 24.2. The molecular formula is C40H27NO. The first-order chi connectivity index (χ1) is 20.8. The minimum Gasteiger partial charge on any atom is -0.456 e. The standard InChI is InChI=1S/C40H27NO/c1-3-9-28(10-4-1)29-17-22-34(23-18-29)41(33-11-5-2-6-12-33)35-24-19-30(20-25-35)32-16-15-31-21-26-39-40(37(31)27-32)36-13-7-8-14-38(36)42-39/h1-27H. The lowest BCUT2D eigenvalue weighted by Gasteiger charge is -2.26. The molecule has 198 valence electrons. The molecule has 7 aromatic carbocycles. The van der Waals surface area contributed by atoms with Crippen LogP contribution in [0.4, 0.5) is 17.1 Å².